The van der Waals surface area contributed by atoms with Gasteiger partial charge in [0.05, 0.1) is 12.8 Å². The van der Waals surface area contributed by atoms with Crippen LogP contribution in [0.5, 0.6) is 5.75 Å². The molecular formula is C24H22N2O3. The van der Waals surface area contributed by atoms with Gasteiger partial charge < -0.3 is 19.8 Å². The molecule has 0 bridgehead atoms. The Morgan fingerprint density at radius 1 is 0.966 bits per heavy atom. The summed E-state index contributed by atoms with van der Waals surface area (Å²) in [7, 11) is 1.61. The zero-order valence-corrected chi connectivity index (χ0v) is 16.4. The van der Waals surface area contributed by atoms with Crippen LogP contribution in [0.25, 0.3) is 11.0 Å². The summed E-state index contributed by atoms with van der Waals surface area (Å²) in [6.07, 6.45) is 0. The molecule has 0 aliphatic heterocycles. The first kappa shape index (κ1) is 18.6. The van der Waals surface area contributed by atoms with Crippen LogP contribution < -0.4 is 15.4 Å². The Morgan fingerprint density at radius 3 is 2.41 bits per heavy atom. The second-order valence-electron chi connectivity index (χ2n) is 6.82. The average molecular weight is 386 g/mol. The van der Waals surface area contributed by atoms with Gasteiger partial charge in [0.25, 0.3) is 5.91 Å². The van der Waals surface area contributed by atoms with Gasteiger partial charge in [0.2, 0.25) is 5.76 Å². The van der Waals surface area contributed by atoms with Crippen molar-refractivity contribution in [1.29, 1.82) is 0 Å². The molecule has 146 valence electrons. The van der Waals surface area contributed by atoms with Gasteiger partial charge in [-0.1, -0.05) is 42.0 Å². The molecule has 0 saturated carbocycles. The molecule has 0 aliphatic carbocycles. The number of carbonyl (C=O) groups excluding carboxylic acids is 1. The van der Waals surface area contributed by atoms with E-state index in [0.29, 0.717) is 23.5 Å². The summed E-state index contributed by atoms with van der Waals surface area (Å²) in [6, 6.07) is 23.1. The molecular weight excluding hydrogens is 364 g/mol. The summed E-state index contributed by atoms with van der Waals surface area (Å²) >= 11 is 0. The van der Waals surface area contributed by atoms with Crippen LogP contribution >= 0.6 is 0 Å². The molecule has 0 spiro atoms. The molecule has 0 unspecified atom stereocenters. The zero-order chi connectivity index (χ0) is 20.2. The molecule has 4 rings (SSSR count). The van der Waals surface area contributed by atoms with Gasteiger partial charge in [-0.05, 0) is 48.9 Å². The fourth-order valence-corrected chi connectivity index (χ4v) is 3.14. The molecule has 3 aromatic carbocycles. The number of ether oxygens (including phenoxy) is 1. The lowest BCUT2D eigenvalue weighted by Gasteiger charge is -2.09. The highest BCUT2D eigenvalue weighted by Crippen LogP contribution is 2.32. The lowest BCUT2D eigenvalue weighted by Crippen LogP contribution is -2.13. The molecule has 4 aromatic rings. The molecule has 29 heavy (non-hydrogen) atoms. The number of amides is 1. The van der Waals surface area contributed by atoms with E-state index in [-0.39, 0.29) is 11.7 Å². The van der Waals surface area contributed by atoms with Crippen molar-refractivity contribution < 1.29 is 13.9 Å². The first-order valence-electron chi connectivity index (χ1n) is 9.40. The van der Waals surface area contributed by atoms with E-state index in [2.05, 4.69) is 41.8 Å². The van der Waals surface area contributed by atoms with Crippen LogP contribution in [0.1, 0.15) is 21.7 Å². The molecule has 0 radical (unpaired) electrons. The molecule has 0 atom stereocenters. The minimum atomic E-state index is -0.308. The van der Waals surface area contributed by atoms with Gasteiger partial charge in [0, 0.05) is 17.6 Å². The van der Waals surface area contributed by atoms with Crippen molar-refractivity contribution in [3.63, 3.8) is 0 Å². The summed E-state index contributed by atoms with van der Waals surface area (Å²) < 4.78 is 11.0. The van der Waals surface area contributed by atoms with E-state index in [4.69, 9.17) is 9.15 Å². The Labute approximate surface area is 169 Å². The first-order chi connectivity index (χ1) is 14.1. The average Bonchev–Trinajstić information content (AvgIpc) is 3.13. The number of hydrogen-bond acceptors (Lipinski definition) is 4. The van der Waals surface area contributed by atoms with E-state index in [1.54, 1.807) is 31.4 Å². The maximum Gasteiger partial charge on any atom is 0.293 e. The fourth-order valence-electron chi connectivity index (χ4n) is 3.14. The van der Waals surface area contributed by atoms with Gasteiger partial charge in [0.1, 0.15) is 11.3 Å². The van der Waals surface area contributed by atoms with E-state index < -0.39 is 0 Å². The zero-order valence-electron chi connectivity index (χ0n) is 16.4. The maximum absolute atomic E-state index is 12.9. The SMILES string of the molecule is COc1ccc(NC(=O)c2oc3ccccc3c2NCc2ccc(C)cc2)cc1. The van der Waals surface area contributed by atoms with Crippen LogP contribution in [-0.2, 0) is 6.54 Å². The van der Waals surface area contributed by atoms with Gasteiger partial charge in [-0.3, -0.25) is 4.79 Å². The standard InChI is InChI=1S/C24H22N2O3/c1-16-7-9-17(10-8-16)15-25-22-20-5-3-4-6-21(20)29-23(22)24(27)26-18-11-13-19(28-2)14-12-18/h3-14,25H,15H2,1-2H3,(H,26,27). The molecule has 0 aliphatic rings. The van der Waals surface area contributed by atoms with Crippen LogP contribution in [0, 0.1) is 6.92 Å². The number of aryl methyl sites for hydroxylation is 1. The van der Waals surface area contributed by atoms with Crippen LogP contribution in [0.4, 0.5) is 11.4 Å². The Hall–Kier alpha value is -3.73. The van der Waals surface area contributed by atoms with Crippen molar-refractivity contribution in [3.8, 4) is 5.75 Å². The van der Waals surface area contributed by atoms with E-state index >= 15 is 0 Å². The quantitative estimate of drug-likeness (QED) is 0.452. The van der Waals surface area contributed by atoms with Crippen molar-refractivity contribution >= 4 is 28.3 Å². The minimum Gasteiger partial charge on any atom is -0.497 e. The second kappa shape index (κ2) is 8.10. The van der Waals surface area contributed by atoms with E-state index in [1.165, 1.54) is 5.56 Å². The highest BCUT2D eigenvalue weighted by atomic mass is 16.5. The smallest absolute Gasteiger partial charge is 0.293 e. The van der Waals surface area contributed by atoms with Crippen molar-refractivity contribution in [2.24, 2.45) is 0 Å². The van der Waals surface area contributed by atoms with Gasteiger partial charge >= 0.3 is 0 Å². The second-order valence-corrected chi connectivity index (χ2v) is 6.82. The predicted molar refractivity (Wildman–Crippen MR) is 116 cm³/mol. The number of methoxy groups -OCH3 is 1. The van der Waals surface area contributed by atoms with Gasteiger partial charge in [-0.15, -0.1) is 0 Å². The van der Waals surface area contributed by atoms with Crippen molar-refractivity contribution in [1.82, 2.24) is 0 Å². The van der Waals surface area contributed by atoms with Crippen molar-refractivity contribution in [2.75, 3.05) is 17.7 Å². The lowest BCUT2D eigenvalue weighted by atomic mass is 10.1. The number of nitrogens with one attached hydrogen (secondary N) is 2. The number of furan rings is 1. The summed E-state index contributed by atoms with van der Waals surface area (Å²) in [5, 5.41) is 7.15. The minimum absolute atomic E-state index is 0.258. The Kier molecular flexibility index (Phi) is 5.20. The summed E-state index contributed by atoms with van der Waals surface area (Å²) in [4.78, 5) is 12.9. The van der Waals surface area contributed by atoms with Crippen molar-refractivity contribution in [2.45, 2.75) is 13.5 Å². The third-order valence-electron chi connectivity index (χ3n) is 4.74. The first-order valence-corrected chi connectivity index (χ1v) is 9.40. The number of fused-ring (bicyclic) bond motifs is 1. The Bertz CT molecular complexity index is 1130. The number of benzene rings is 3. The monoisotopic (exact) mass is 386 g/mol. The van der Waals surface area contributed by atoms with Crippen LogP contribution in [0.3, 0.4) is 0 Å². The molecule has 2 N–H and O–H groups in total. The summed E-state index contributed by atoms with van der Waals surface area (Å²) in [5.74, 6) is 0.680. The van der Waals surface area contributed by atoms with E-state index in [9.17, 15) is 4.79 Å². The van der Waals surface area contributed by atoms with E-state index in [1.807, 2.05) is 24.3 Å². The Balaban J connectivity index is 1.61. The normalized spacial score (nSPS) is 10.7. The number of anilines is 2. The van der Waals surface area contributed by atoms with Crippen LogP contribution in [-0.4, -0.2) is 13.0 Å². The highest BCUT2D eigenvalue weighted by molar-refractivity contribution is 6.11. The van der Waals surface area contributed by atoms with Gasteiger partial charge in [-0.25, -0.2) is 0 Å². The predicted octanol–water partition coefficient (Wildman–Crippen LogP) is 5.61. The topological polar surface area (TPSA) is 63.5 Å². The van der Waals surface area contributed by atoms with Gasteiger partial charge in [-0.2, -0.15) is 0 Å². The Morgan fingerprint density at radius 2 is 1.69 bits per heavy atom. The van der Waals surface area contributed by atoms with Crippen molar-refractivity contribution in [3.05, 3.63) is 89.7 Å². The molecule has 5 nitrogen and oxygen atoms in total. The highest BCUT2D eigenvalue weighted by Gasteiger charge is 2.20. The number of para-hydroxylation sites is 1. The third-order valence-corrected chi connectivity index (χ3v) is 4.74. The van der Waals surface area contributed by atoms with Crippen LogP contribution in [0.15, 0.2) is 77.2 Å². The number of rotatable bonds is 6. The third kappa shape index (κ3) is 4.09. The number of carbonyl (C=O) groups is 1. The summed E-state index contributed by atoms with van der Waals surface area (Å²) in [5.41, 5.74) is 4.36. The molecule has 5 heteroatoms. The molecule has 0 fully saturated rings. The fraction of sp³-hybridized carbons (Fsp3) is 0.125. The summed E-state index contributed by atoms with van der Waals surface area (Å²) in [6.45, 7) is 2.65. The van der Waals surface area contributed by atoms with Crippen LogP contribution in [0.2, 0.25) is 0 Å². The largest absolute Gasteiger partial charge is 0.497 e. The molecule has 1 heterocycles. The molecule has 1 aromatic heterocycles. The number of hydrogen-bond donors (Lipinski definition) is 2. The lowest BCUT2D eigenvalue weighted by molar-refractivity contribution is 0.0999. The van der Waals surface area contributed by atoms with E-state index in [0.717, 1.165) is 16.7 Å². The molecule has 0 saturated heterocycles. The van der Waals surface area contributed by atoms with Gasteiger partial charge in [0.15, 0.2) is 0 Å². The maximum atomic E-state index is 12.9. The molecule has 1 amide bonds.